The molecular weight excluding hydrogens is 210 g/mol. The molecule has 1 unspecified atom stereocenters. The van der Waals surface area contributed by atoms with Gasteiger partial charge in [-0.25, -0.2) is 0 Å². The van der Waals surface area contributed by atoms with Crippen molar-refractivity contribution < 1.29 is 5.11 Å². The molecule has 17 heavy (non-hydrogen) atoms. The van der Waals surface area contributed by atoms with Gasteiger partial charge in [0.05, 0.1) is 5.60 Å². The molecule has 0 amide bonds. The summed E-state index contributed by atoms with van der Waals surface area (Å²) in [6.07, 6.45) is 4.39. The normalized spacial score (nSPS) is 20.8. The van der Waals surface area contributed by atoms with Gasteiger partial charge < -0.3 is 10.4 Å². The largest absolute Gasteiger partial charge is 0.390 e. The molecule has 1 aromatic rings. The lowest BCUT2D eigenvalue weighted by Gasteiger charge is -2.20. The molecule has 1 fully saturated rings. The van der Waals surface area contributed by atoms with Gasteiger partial charge in [0, 0.05) is 12.5 Å². The van der Waals surface area contributed by atoms with Gasteiger partial charge in [0.1, 0.15) is 0 Å². The van der Waals surface area contributed by atoms with Crippen molar-refractivity contribution in [3.8, 4) is 0 Å². The summed E-state index contributed by atoms with van der Waals surface area (Å²) in [4.78, 5) is 0. The molecule has 1 heterocycles. The van der Waals surface area contributed by atoms with Gasteiger partial charge in [-0.1, -0.05) is 24.3 Å². The zero-order valence-corrected chi connectivity index (χ0v) is 10.9. The quantitative estimate of drug-likeness (QED) is 0.836. The van der Waals surface area contributed by atoms with Gasteiger partial charge in [-0.05, 0) is 50.8 Å². The van der Waals surface area contributed by atoms with Crippen LogP contribution in [0, 0.1) is 0 Å². The van der Waals surface area contributed by atoms with Crippen LogP contribution in [0.25, 0.3) is 0 Å². The molecule has 94 valence electrons. The zero-order chi connectivity index (χ0) is 12.3. The van der Waals surface area contributed by atoms with Crippen LogP contribution >= 0.6 is 0 Å². The highest BCUT2D eigenvalue weighted by atomic mass is 16.3. The van der Waals surface area contributed by atoms with Crippen molar-refractivity contribution in [1.82, 2.24) is 5.32 Å². The van der Waals surface area contributed by atoms with Crippen LogP contribution in [0.15, 0.2) is 24.3 Å². The average Bonchev–Trinajstić information content (AvgIpc) is 2.71. The molecule has 0 radical (unpaired) electrons. The minimum atomic E-state index is -0.626. The van der Waals surface area contributed by atoms with Gasteiger partial charge in [-0.2, -0.15) is 0 Å². The molecular formula is C15H23NO. The van der Waals surface area contributed by atoms with E-state index in [0.29, 0.717) is 6.04 Å². The molecule has 1 aliphatic rings. The molecule has 2 N–H and O–H groups in total. The number of aliphatic hydroxyl groups is 1. The van der Waals surface area contributed by atoms with Crippen molar-refractivity contribution in [3.05, 3.63) is 35.4 Å². The second kappa shape index (κ2) is 5.19. The summed E-state index contributed by atoms with van der Waals surface area (Å²) >= 11 is 0. The topological polar surface area (TPSA) is 32.3 Å². The highest BCUT2D eigenvalue weighted by molar-refractivity contribution is 5.29. The van der Waals surface area contributed by atoms with Crippen LogP contribution in [-0.2, 0) is 12.8 Å². The monoisotopic (exact) mass is 233 g/mol. The summed E-state index contributed by atoms with van der Waals surface area (Å²) in [6.45, 7) is 4.90. The van der Waals surface area contributed by atoms with Crippen LogP contribution in [0.4, 0.5) is 0 Å². The zero-order valence-electron chi connectivity index (χ0n) is 10.9. The van der Waals surface area contributed by atoms with Gasteiger partial charge in [0.25, 0.3) is 0 Å². The van der Waals surface area contributed by atoms with Crippen LogP contribution in [0.3, 0.4) is 0 Å². The molecule has 2 rings (SSSR count). The minimum Gasteiger partial charge on any atom is -0.390 e. The maximum absolute atomic E-state index is 9.94. The van der Waals surface area contributed by atoms with E-state index in [1.807, 2.05) is 13.8 Å². The summed E-state index contributed by atoms with van der Waals surface area (Å²) in [5.74, 6) is 0. The van der Waals surface area contributed by atoms with Gasteiger partial charge in [-0.15, -0.1) is 0 Å². The molecule has 0 saturated carbocycles. The maximum atomic E-state index is 9.94. The molecule has 2 heteroatoms. The summed E-state index contributed by atoms with van der Waals surface area (Å²) in [6, 6.07) is 9.12. The number of benzene rings is 1. The van der Waals surface area contributed by atoms with Crippen molar-refractivity contribution in [3.63, 3.8) is 0 Å². The first-order valence-electron chi connectivity index (χ1n) is 6.57. The third-order valence-electron chi connectivity index (χ3n) is 3.37. The lowest BCUT2D eigenvalue weighted by atomic mass is 9.92. The Morgan fingerprint density at radius 1 is 1.29 bits per heavy atom. The highest BCUT2D eigenvalue weighted by Gasteiger charge is 2.19. The fourth-order valence-electron chi connectivity index (χ4n) is 2.59. The van der Waals surface area contributed by atoms with Crippen molar-refractivity contribution in [2.45, 2.75) is 51.2 Å². The summed E-state index contributed by atoms with van der Waals surface area (Å²) in [5, 5.41) is 13.5. The number of hydrogen-bond donors (Lipinski definition) is 2. The van der Waals surface area contributed by atoms with E-state index in [1.165, 1.54) is 24.0 Å². The van der Waals surface area contributed by atoms with Crippen LogP contribution in [-0.4, -0.2) is 23.3 Å². The molecule has 1 aliphatic heterocycles. The molecule has 1 saturated heterocycles. The van der Waals surface area contributed by atoms with Crippen LogP contribution in [0.2, 0.25) is 0 Å². The number of hydrogen-bond acceptors (Lipinski definition) is 2. The Kier molecular flexibility index (Phi) is 3.85. The van der Waals surface area contributed by atoms with E-state index in [-0.39, 0.29) is 0 Å². The van der Waals surface area contributed by atoms with Gasteiger partial charge in [-0.3, -0.25) is 0 Å². The second-order valence-electron chi connectivity index (χ2n) is 5.76. The Bertz CT molecular complexity index is 361. The van der Waals surface area contributed by atoms with Crippen LogP contribution < -0.4 is 5.32 Å². The molecule has 0 spiro atoms. The fourth-order valence-corrected chi connectivity index (χ4v) is 2.59. The lowest BCUT2D eigenvalue weighted by molar-refractivity contribution is 0.0807. The fraction of sp³-hybridized carbons (Fsp3) is 0.600. The minimum absolute atomic E-state index is 0.623. The predicted octanol–water partition coefficient (Wildman–Crippen LogP) is 2.29. The molecule has 1 aromatic carbocycles. The third-order valence-corrected chi connectivity index (χ3v) is 3.37. The van der Waals surface area contributed by atoms with E-state index in [1.54, 1.807) is 0 Å². The maximum Gasteiger partial charge on any atom is 0.0632 e. The predicted molar refractivity (Wildman–Crippen MR) is 71.2 cm³/mol. The number of rotatable bonds is 4. The SMILES string of the molecule is CC(C)(O)Cc1ccccc1CC1CCCN1. The Labute approximate surface area is 104 Å². The van der Waals surface area contributed by atoms with E-state index >= 15 is 0 Å². The van der Waals surface area contributed by atoms with Gasteiger partial charge >= 0.3 is 0 Å². The molecule has 0 bridgehead atoms. The summed E-state index contributed by atoms with van der Waals surface area (Å²) < 4.78 is 0. The van der Waals surface area contributed by atoms with Crippen molar-refractivity contribution in [2.75, 3.05) is 6.54 Å². The first-order chi connectivity index (χ1) is 8.04. The van der Waals surface area contributed by atoms with E-state index in [0.717, 1.165) is 19.4 Å². The lowest BCUT2D eigenvalue weighted by Crippen LogP contribution is -2.26. The van der Waals surface area contributed by atoms with Crippen LogP contribution in [0.1, 0.15) is 37.8 Å². The summed E-state index contributed by atoms with van der Waals surface area (Å²) in [7, 11) is 0. The first kappa shape index (κ1) is 12.6. The Balaban J connectivity index is 2.09. The number of nitrogens with one attached hydrogen (secondary N) is 1. The van der Waals surface area contributed by atoms with Gasteiger partial charge in [0.15, 0.2) is 0 Å². The Morgan fingerprint density at radius 2 is 2.00 bits per heavy atom. The van der Waals surface area contributed by atoms with Crippen molar-refractivity contribution in [2.24, 2.45) is 0 Å². The second-order valence-corrected chi connectivity index (χ2v) is 5.76. The van der Waals surface area contributed by atoms with Crippen LogP contribution in [0.5, 0.6) is 0 Å². The smallest absolute Gasteiger partial charge is 0.0632 e. The van der Waals surface area contributed by atoms with Gasteiger partial charge in [0.2, 0.25) is 0 Å². The molecule has 2 nitrogen and oxygen atoms in total. The highest BCUT2D eigenvalue weighted by Crippen LogP contribution is 2.20. The van der Waals surface area contributed by atoms with E-state index in [4.69, 9.17) is 0 Å². The Morgan fingerprint density at radius 3 is 2.59 bits per heavy atom. The average molecular weight is 233 g/mol. The Hall–Kier alpha value is -0.860. The van der Waals surface area contributed by atoms with E-state index in [2.05, 4.69) is 29.6 Å². The first-order valence-corrected chi connectivity index (χ1v) is 6.57. The standard InChI is InChI=1S/C15H23NO/c1-15(2,17)11-13-7-4-3-6-12(13)10-14-8-5-9-16-14/h3-4,6-7,14,16-17H,5,8-11H2,1-2H3. The molecule has 1 atom stereocenters. The van der Waals surface area contributed by atoms with Crippen molar-refractivity contribution >= 4 is 0 Å². The summed E-state index contributed by atoms with van der Waals surface area (Å²) in [5.41, 5.74) is 2.04. The third kappa shape index (κ3) is 3.83. The van der Waals surface area contributed by atoms with E-state index in [9.17, 15) is 5.11 Å². The molecule has 0 aliphatic carbocycles. The molecule has 0 aromatic heterocycles. The van der Waals surface area contributed by atoms with E-state index < -0.39 is 5.60 Å². The van der Waals surface area contributed by atoms with Crippen molar-refractivity contribution in [1.29, 1.82) is 0 Å².